The largest absolute Gasteiger partial charge is 0.507 e. The normalized spacial score (nSPS) is 19.5. The van der Waals surface area contributed by atoms with Crippen LogP contribution in [0.2, 0.25) is 0 Å². The monoisotopic (exact) mass is 358 g/mol. The number of hydrogen-bond donors (Lipinski definition) is 1. The smallest absolute Gasteiger partial charge is 0.295 e. The first-order chi connectivity index (χ1) is 12.4. The molecule has 2 heterocycles. The molecule has 0 bridgehead atoms. The number of hydrogen-bond acceptors (Lipinski definition) is 5. The molecule has 0 radical (unpaired) electrons. The van der Waals surface area contributed by atoms with Gasteiger partial charge >= 0.3 is 0 Å². The van der Waals surface area contributed by atoms with Gasteiger partial charge in [-0.3, -0.25) is 9.59 Å². The minimum Gasteiger partial charge on any atom is -0.507 e. The van der Waals surface area contributed by atoms with Crippen molar-refractivity contribution in [3.05, 3.63) is 65.4 Å². The quantitative estimate of drug-likeness (QED) is 0.505. The van der Waals surface area contributed by atoms with Crippen LogP contribution in [0.1, 0.15) is 17.4 Å². The van der Waals surface area contributed by atoms with Crippen LogP contribution in [0, 0.1) is 5.82 Å². The van der Waals surface area contributed by atoms with Gasteiger partial charge in [-0.25, -0.2) is 4.39 Å². The Morgan fingerprint density at radius 1 is 1.23 bits per heavy atom. The third-order valence-electron chi connectivity index (χ3n) is 4.26. The highest BCUT2D eigenvalue weighted by atomic mass is 19.1. The Morgan fingerprint density at radius 3 is 2.50 bits per heavy atom. The third-order valence-corrected chi connectivity index (χ3v) is 4.26. The molecule has 7 heteroatoms. The molecule has 1 saturated heterocycles. The van der Waals surface area contributed by atoms with E-state index in [2.05, 4.69) is 0 Å². The van der Waals surface area contributed by atoms with Gasteiger partial charge in [0.15, 0.2) is 0 Å². The number of halogens is 1. The van der Waals surface area contributed by atoms with E-state index in [1.54, 1.807) is 12.1 Å². The topological polar surface area (TPSA) is 74.0 Å². The molecule has 1 N–H and O–H groups in total. The van der Waals surface area contributed by atoms with Crippen molar-refractivity contribution in [1.29, 1.82) is 0 Å². The Balaban J connectivity index is 2.09. The fourth-order valence-electron chi connectivity index (χ4n) is 2.92. The number of amides is 1. The second kappa shape index (κ2) is 7.13. The molecule has 2 aromatic rings. The third kappa shape index (κ3) is 3.25. The Bertz CT molecular complexity index is 841. The summed E-state index contributed by atoms with van der Waals surface area (Å²) in [6, 6.07) is 7.55. The van der Waals surface area contributed by atoms with Crippen LogP contribution in [0.3, 0.4) is 0 Å². The molecule has 1 unspecified atom stereocenters. The molecule has 0 spiro atoms. The zero-order chi connectivity index (χ0) is 18.8. The Hall–Kier alpha value is -2.93. The summed E-state index contributed by atoms with van der Waals surface area (Å²) >= 11 is 0. The van der Waals surface area contributed by atoms with Crippen molar-refractivity contribution in [2.45, 2.75) is 6.04 Å². The average molecular weight is 358 g/mol. The van der Waals surface area contributed by atoms with Crippen molar-refractivity contribution in [3.63, 3.8) is 0 Å². The van der Waals surface area contributed by atoms with E-state index in [0.717, 1.165) is 0 Å². The molecule has 136 valence electrons. The number of benzene rings is 1. The summed E-state index contributed by atoms with van der Waals surface area (Å²) in [6.07, 6.45) is 1.44. The molecule has 1 amide bonds. The van der Waals surface area contributed by atoms with Gasteiger partial charge in [0.05, 0.1) is 11.8 Å². The van der Waals surface area contributed by atoms with E-state index in [1.165, 1.54) is 35.4 Å². The number of ketones is 1. The van der Waals surface area contributed by atoms with Gasteiger partial charge in [0.25, 0.3) is 11.7 Å². The van der Waals surface area contributed by atoms with Crippen molar-refractivity contribution < 1.29 is 23.5 Å². The lowest BCUT2D eigenvalue weighted by Crippen LogP contribution is -2.35. The van der Waals surface area contributed by atoms with Gasteiger partial charge in [0.1, 0.15) is 23.4 Å². The molecule has 1 aromatic heterocycles. The second-order valence-electron chi connectivity index (χ2n) is 6.32. The van der Waals surface area contributed by atoms with E-state index in [0.29, 0.717) is 18.8 Å². The zero-order valence-corrected chi connectivity index (χ0v) is 14.5. The Morgan fingerprint density at radius 2 is 1.92 bits per heavy atom. The van der Waals surface area contributed by atoms with Gasteiger partial charge in [-0.15, -0.1) is 0 Å². The number of Topliss-reactive ketones (excluding diaryl/α,β-unsaturated/α-hetero) is 1. The van der Waals surface area contributed by atoms with Crippen LogP contribution in [-0.4, -0.2) is 53.8 Å². The average Bonchev–Trinajstić information content (AvgIpc) is 3.21. The first kappa shape index (κ1) is 17.9. The van der Waals surface area contributed by atoms with Crippen LogP contribution in [0.4, 0.5) is 4.39 Å². The summed E-state index contributed by atoms with van der Waals surface area (Å²) in [6.45, 7) is 0.837. The van der Waals surface area contributed by atoms with Crippen molar-refractivity contribution in [2.75, 3.05) is 27.2 Å². The van der Waals surface area contributed by atoms with Gasteiger partial charge in [0, 0.05) is 18.7 Å². The molecule has 1 aromatic carbocycles. The minimum atomic E-state index is -0.824. The zero-order valence-electron chi connectivity index (χ0n) is 14.5. The second-order valence-corrected chi connectivity index (χ2v) is 6.32. The summed E-state index contributed by atoms with van der Waals surface area (Å²) in [5, 5.41) is 10.7. The van der Waals surface area contributed by atoms with Crippen LogP contribution in [0.25, 0.3) is 5.76 Å². The van der Waals surface area contributed by atoms with E-state index in [4.69, 9.17) is 4.42 Å². The first-order valence-corrected chi connectivity index (χ1v) is 8.12. The number of likely N-dealkylation sites (N-methyl/N-ethyl adjacent to an activating group) is 1. The molecule has 26 heavy (non-hydrogen) atoms. The predicted molar refractivity (Wildman–Crippen MR) is 92.7 cm³/mol. The highest BCUT2D eigenvalue weighted by molar-refractivity contribution is 6.46. The van der Waals surface area contributed by atoms with Crippen LogP contribution < -0.4 is 0 Å². The number of aliphatic hydroxyl groups excluding tert-OH is 1. The summed E-state index contributed by atoms with van der Waals surface area (Å²) in [5.74, 6) is -1.91. The van der Waals surface area contributed by atoms with Gasteiger partial charge < -0.3 is 19.3 Å². The highest BCUT2D eigenvalue weighted by Gasteiger charge is 2.47. The van der Waals surface area contributed by atoms with E-state index < -0.39 is 23.5 Å². The van der Waals surface area contributed by atoms with Gasteiger partial charge in [-0.05, 0) is 50.5 Å². The standard InChI is InChI=1S/C19H19FN2O4/c1-21(2)9-10-22-16(14-4-3-11-26-14)15(18(24)19(22)25)17(23)12-5-7-13(20)8-6-12/h3-8,11,16,23H,9-10H2,1-2H3. The first-order valence-electron chi connectivity index (χ1n) is 8.12. The van der Waals surface area contributed by atoms with Gasteiger partial charge in [-0.2, -0.15) is 0 Å². The number of nitrogens with zero attached hydrogens (tertiary/aromatic N) is 2. The number of carbonyl (C=O) groups excluding carboxylic acids is 2. The lowest BCUT2D eigenvalue weighted by molar-refractivity contribution is -0.140. The van der Waals surface area contributed by atoms with Crippen LogP contribution in [0.15, 0.2) is 52.7 Å². The number of likely N-dealkylation sites (tertiary alicyclic amines) is 1. The van der Waals surface area contributed by atoms with Crippen LogP contribution in [-0.2, 0) is 9.59 Å². The molecule has 3 rings (SSSR count). The van der Waals surface area contributed by atoms with Crippen LogP contribution in [0.5, 0.6) is 0 Å². The van der Waals surface area contributed by atoms with Crippen molar-refractivity contribution in [3.8, 4) is 0 Å². The molecule has 1 aliphatic rings. The molecule has 1 aliphatic heterocycles. The molecule has 1 atom stereocenters. The van der Waals surface area contributed by atoms with Gasteiger partial charge in [0.2, 0.25) is 0 Å². The van der Waals surface area contributed by atoms with Crippen molar-refractivity contribution in [1.82, 2.24) is 9.80 Å². The van der Waals surface area contributed by atoms with Crippen LogP contribution >= 0.6 is 0 Å². The predicted octanol–water partition coefficient (Wildman–Crippen LogP) is 2.40. The van der Waals surface area contributed by atoms with E-state index in [-0.39, 0.29) is 16.9 Å². The fraction of sp³-hybridized carbons (Fsp3) is 0.263. The molecular weight excluding hydrogens is 339 g/mol. The molecule has 6 nitrogen and oxygen atoms in total. The summed E-state index contributed by atoms with van der Waals surface area (Å²) < 4.78 is 18.6. The summed E-state index contributed by atoms with van der Waals surface area (Å²) in [5.41, 5.74) is 0.198. The molecule has 0 saturated carbocycles. The van der Waals surface area contributed by atoms with Crippen molar-refractivity contribution in [2.24, 2.45) is 0 Å². The maximum Gasteiger partial charge on any atom is 0.295 e. The Labute approximate surface area is 150 Å². The minimum absolute atomic E-state index is 0.0599. The number of rotatable bonds is 5. The Kier molecular flexibility index (Phi) is 4.90. The SMILES string of the molecule is CN(C)CCN1C(=O)C(=O)C(=C(O)c2ccc(F)cc2)C1c1ccco1. The number of aliphatic hydroxyl groups is 1. The lowest BCUT2D eigenvalue weighted by atomic mass is 9.99. The summed E-state index contributed by atoms with van der Waals surface area (Å²) in [4.78, 5) is 28.4. The van der Waals surface area contributed by atoms with Crippen molar-refractivity contribution >= 4 is 17.4 Å². The van der Waals surface area contributed by atoms with E-state index in [1.807, 2.05) is 19.0 Å². The fourth-order valence-corrected chi connectivity index (χ4v) is 2.92. The highest BCUT2D eigenvalue weighted by Crippen LogP contribution is 2.39. The maximum absolute atomic E-state index is 13.2. The lowest BCUT2D eigenvalue weighted by Gasteiger charge is -2.24. The molecular formula is C19H19FN2O4. The van der Waals surface area contributed by atoms with Gasteiger partial charge in [-0.1, -0.05) is 0 Å². The molecule has 1 fully saturated rings. The van der Waals surface area contributed by atoms with E-state index >= 15 is 0 Å². The van der Waals surface area contributed by atoms with E-state index in [9.17, 15) is 19.1 Å². The maximum atomic E-state index is 13.2. The molecule has 0 aliphatic carbocycles. The number of carbonyl (C=O) groups is 2. The summed E-state index contributed by atoms with van der Waals surface area (Å²) in [7, 11) is 3.72. The number of furan rings is 1.